The second-order valence-corrected chi connectivity index (χ2v) is 3.69. The molecule has 0 radical (unpaired) electrons. The van der Waals surface area contributed by atoms with Crippen LogP contribution in [0, 0.1) is 0 Å². The van der Waals surface area contributed by atoms with Crippen LogP contribution in [-0.4, -0.2) is 11.1 Å². The maximum Gasteiger partial charge on any atom is 0.150 e. The van der Waals surface area contributed by atoms with Crippen LogP contribution in [0.3, 0.4) is 0 Å². The highest BCUT2D eigenvalue weighted by Gasteiger charge is 2.04. The monoisotopic (exact) mass is 202 g/mol. The smallest absolute Gasteiger partial charge is 0.150 e. The number of aldehydes is 1. The van der Waals surface area contributed by atoms with Crippen molar-refractivity contribution in [3.63, 3.8) is 0 Å². The minimum atomic E-state index is -0.453. The van der Waals surface area contributed by atoms with E-state index in [1.165, 1.54) is 0 Å². The standard InChI is InChI=1S/C9H8Cl2O/c10-9(11)5-7-3-1-2-4-8(7)6-12/h1-4,6,9H,5H2. The van der Waals surface area contributed by atoms with E-state index in [-0.39, 0.29) is 0 Å². The van der Waals surface area contributed by atoms with Gasteiger partial charge in [-0.25, -0.2) is 0 Å². The summed E-state index contributed by atoms with van der Waals surface area (Å²) < 4.78 is 0. The van der Waals surface area contributed by atoms with Gasteiger partial charge >= 0.3 is 0 Å². The van der Waals surface area contributed by atoms with Crippen LogP contribution in [0.4, 0.5) is 0 Å². The van der Waals surface area contributed by atoms with Gasteiger partial charge in [-0.15, -0.1) is 23.2 Å². The van der Waals surface area contributed by atoms with Crippen molar-refractivity contribution >= 4 is 29.5 Å². The molecule has 0 N–H and O–H groups in total. The average molecular weight is 203 g/mol. The van der Waals surface area contributed by atoms with E-state index in [2.05, 4.69) is 0 Å². The quantitative estimate of drug-likeness (QED) is 0.545. The van der Waals surface area contributed by atoms with E-state index in [0.717, 1.165) is 11.8 Å². The van der Waals surface area contributed by atoms with Gasteiger partial charge in [-0.2, -0.15) is 0 Å². The van der Waals surface area contributed by atoms with E-state index in [1.807, 2.05) is 18.2 Å². The van der Waals surface area contributed by atoms with Crippen LogP contribution in [0.2, 0.25) is 0 Å². The molecule has 0 aliphatic heterocycles. The number of halogens is 2. The van der Waals surface area contributed by atoms with Gasteiger partial charge < -0.3 is 0 Å². The van der Waals surface area contributed by atoms with Crippen molar-refractivity contribution in [1.29, 1.82) is 0 Å². The number of hydrogen-bond donors (Lipinski definition) is 0. The lowest BCUT2D eigenvalue weighted by Gasteiger charge is -2.03. The van der Waals surface area contributed by atoms with E-state index in [4.69, 9.17) is 23.2 Å². The Labute approximate surface area is 81.3 Å². The first-order valence-electron chi connectivity index (χ1n) is 3.55. The van der Waals surface area contributed by atoms with Crippen molar-refractivity contribution in [2.24, 2.45) is 0 Å². The van der Waals surface area contributed by atoms with Crippen molar-refractivity contribution in [1.82, 2.24) is 0 Å². The Balaban J connectivity index is 2.89. The highest BCUT2D eigenvalue weighted by molar-refractivity contribution is 6.44. The highest BCUT2D eigenvalue weighted by Crippen LogP contribution is 2.14. The Kier molecular flexibility index (Phi) is 3.57. The molecule has 0 amide bonds. The minimum absolute atomic E-state index is 0.453. The van der Waals surface area contributed by atoms with Gasteiger partial charge in [-0.1, -0.05) is 24.3 Å². The molecular formula is C9H8Cl2O. The van der Waals surface area contributed by atoms with E-state index in [0.29, 0.717) is 12.0 Å². The van der Waals surface area contributed by atoms with Gasteiger partial charge in [0.1, 0.15) is 11.1 Å². The predicted molar refractivity (Wildman–Crippen MR) is 51.0 cm³/mol. The van der Waals surface area contributed by atoms with E-state index >= 15 is 0 Å². The Bertz CT molecular complexity index is 271. The summed E-state index contributed by atoms with van der Waals surface area (Å²) in [6.45, 7) is 0. The van der Waals surface area contributed by atoms with E-state index in [1.54, 1.807) is 6.07 Å². The molecule has 0 spiro atoms. The van der Waals surface area contributed by atoms with Gasteiger partial charge in [0, 0.05) is 12.0 Å². The molecule has 1 nitrogen and oxygen atoms in total. The fourth-order valence-corrected chi connectivity index (χ4v) is 1.33. The second kappa shape index (κ2) is 4.48. The van der Waals surface area contributed by atoms with Crippen molar-refractivity contribution < 1.29 is 4.79 Å². The minimum Gasteiger partial charge on any atom is -0.298 e. The number of rotatable bonds is 3. The molecule has 0 aliphatic carbocycles. The van der Waals surface area contributed by atoms with Crippen LogP contribution in [0.1, 0.15) is 15.9 Å². The van der Waals surface area contributed by atoms with E-state index < -0.39 is 4.84 Å². The van der Waals surface area contributed by atoms with Crippen molar-refractivity contribution in [2.75, 3.05) is 0 Å². The molecule has 0 saturated heterocycles. The molecule has 1 aromatic rings. The number of hydrogen-bond acceptors (Lipinski definition) is 1. The number of carbonyl (C=O) groups excluding carboxylic acids is 1. The molecule has 0 aromatic heterocycles. The largest absolute Gasteiger partial charge is 0.298 e. The molecule has 0 unspecified atom stereocenters. The summed E-state index contributed by atoms with van der Waals surface area (Å²) in [7, 11) is 0. The second-order valence-electron chi connectivity index (χ2n) is 2.41. The van der Waals surface area contributed by atoms with Gasteiger partial charge in [-0.3, -0.25) is 4.79 Å². The van der Waals surface area contributed by atoms with Gasteiger partial charge in [0.25, 0.3) is 0 Å². The molecule has 1 rings (SSSR count). The first kappa shape index (κ1) is 9.56. The van der Waals surface area contributed by atoms with Crippen molar-refractivity contribution in [2.45, 2.75) is 11.3 Å². The zero-order valence-electron chi connectivity index (χ0n) is 6.34. The Morgan fingerprint density at radius 3 is 2.58 bits per heavy atom. The van der Waals surface area contributed by atoms with E-state index in [9.17, 15) is 4.79 Å². The summed E-state index contributed by atoms with van der Waals surface area (Å²) in [5, 5.41) is 0. The molecule has 0 atom stereocenters. The lowest BCUT2D eigenvalue weighted by Crippen LogP contribution is -1.98. The fourth-order valence-electron chi connectivity index (χ4n) is 1.00. The number of alkyl halides is 2. The van der Waals surface area contributed by atoms with Crippen molar-refractivity contribution in [3.8, 4) is 0 Å². The first-order chi connectivity index (χ1) is 5.74. The molecule has 1 aromatic carbocycles. The fraction of sp³-hybridized carbons (Fsp3) is 0.222. The molecular weight excluding hydrogens is 195 g/mol. The maximum absolute atomic E-state index is 10.5. The van der Waals surface area contributed by atoms with Crippen LogP contribution >= 0.6 is 23.2 Å². The maximum atomic E-state index is 10.5. The summed E-state index contributed by atoms with van der Waals surface area (Å²) in [5.41, 5.74) is 1.55. The van der Waals surface area contributed by atoms with Crippen LogP contribution in [0.15, 0.2) is 24.3 Å². The SMILES string of the molecule is O=Cc1ccccc1CC(Cl)Cl. The summed E-state index contributed by atoms with van der Waals surface area (Å²) in [4.78, 5) is 10.1. The first-order valence-corrected chi connectivity index (χ1v) is 4.42. The molecule has 0 bridgehead atoms. The third-order valence-electron chi connectivity index (χ3n) is 1.56. The Morgan fingerprint density at radius 2 is 2.00 bits per heavy atom. The third-order valence-corrected chi connectivity index (χ3v) is 1.86. The Morgan fingerprint density at radius 1 is 1.33 bits per heavy atom. The summed E-state index contributed by atoms with van der Waals surface area (Å²) in [6.07, 6.45) is 1.32. The summed E-state index contributed by atoms with van der Waals surface area (Å²) in [6, 6.07) is 7.27. The average Bonchev–Trinajstić information content (AvgIpc) is 2.04. The number of carbonyl (C=O) groups is 1. The number of benzene rings is 1. The zero-order chi connectivity index (χ0) is 8.97. The van der Waals surface area contributed by atoms with Gasteiger partial charge in [-0.05, 0) is 5.56 Å². The van der Waals surface area contributed by atoms with Gasteiger partial charge in [0.2, 0.25) is 0 Å². The van der Waals surface area contributed by atoms with Crippen LogP contribution in [0.5, 0.6) is 0 Å². The third kappa shape index (κ3) is 2.50. The van der Waals surface area contributed by atoms with Gasteiger partial charge in [0.15, 0.2) is 0 Å². The normalized spacial score (nSPS) is 10.2. The zero-order valence-corrected chi connectivity index (χ0v) is 7.85. The lowest BCUT2D eigenvalue weighted by atomic mass is 10.1. The molecule has 0 fully saturated rings. The van der Waals surface area contributed by atoms with Crippen LogP contribution in [-0.2, 0) is 6.42 Å². The molecule has 64 valence electrons. The topological polar surface area (TPSA) is 17.1 Å². The molecule has 0 saturated carbocycles. The highest BCUT2D eigenvalue weighted by atomic mass is 35.5. The summed E-state index contributed by atoms with van der Waals surface area (Å²) >= 11 is 11.2. The van der Waals surface area contributed by atoms with Crippen molar-refractivity contribution in [3.05, 3.63) is 35.4 Å². The molecule has 12 heavy (non-hydrogen) atoms. The van der Waals surface area contributed by atoms with Crippen LogP contribution < -0.4 is 0 Å². The Hall–Kier alpha value is -0.530. The van der Waals surface area contributed by atoms with Gasteiger partial charge in [0.05, 0.1) is 0 Å². The molecule has 0 aliphatic rings. The molecule has 0 heterocycles. The van der Waals surface area contributed by atoms with Crippen LogP contribution in [0.25, 0.3) is 0 Å². The lowest BCUT2D eigenvalue weighted by molar-refractivity contribution is 0.112. The summed E-state index contributed by atoms with van der Waals surface area (Å²) in [5.74, 6) is 0. The molecule has 3 heteroatoms. The predicted octanol–water partition coefficient (Wildman–Crippen LogP) is 2.85.